The smallest absolute Gasteiger partial charge is 0.224 e. The van der Waals surface area contributed by atoms with E-state index >= 15 is 0 Å². The fraction of sp³-hybridized carbons (Fsp3) is 0.385. The van der Waals surface area contributed by atoms with Crippen LogP contribution in [-0.4, -0.2) is 34.8 Å². The summed E-state index contributed by atoms with van der Waals surface area (Å²) in [5.74, 6) is 0.793. The Morgan fingerprint density at radius 2 is 2.00 bits per heavy atom. The molecule has 0 aliphatic rings. The molecule has 0 radical (unpaired) electrons. The predicted molar refractivity (Wildman–Crippen MR) is 74.1 cm³/mol. The maximum absolute atomic E-state index is 9.15. The molecule has 96 valence electrons. The molecule has 1 aromatic heterocycles. The van der Waals surface area contributed by atoms with Gasteiger partial charge in [-0.1, -0.05) is 19.1 Å². The molecular weight excluding hydrogens is 250 g/mol. The Bertz CT molecular complexity index is 527. The highest BCUT2D eigenvalue weighted by atomic mass is 35.5. The van der Waals surface area contributed by atoms with E-state index in [-0.39, 0.29) is 11.9 Å². The van der Waals surface area contributed by atoms with Crippen LogP contribution in [0.5, 0.6) is 0 Å². The van der Waals surface area contributed by atoms with Crippen LogP contribution in [0.2, 0.25) is 5.28 Å². The minimum absolute atomic E-state index is 0.0932. The van der Waals surface area contributed by atoms with Crippen LogP contribution in [0.3, 0.4) is 0 Å². The molecule has 1 N–H and O–H groups in total. The minimum atomic E-state index is 0.0932. The van der Waals surface area contributed by atoms with Crippen molar-refractivity contribution in [2.45, 2.75) is 13.3 Å². The summed E-state index contributed by atoms with van der Waals surface area (Å²) < 4.78 is 0. The number of rotatable bonds is 5. The second-order valence-corrected chi connectivity index (χ2v) is 4.38. The Morgan fingerprint density at radius 1 is 1.22 bits per heavy atom. The van der Waals surface area contributed by atoms with E-state index in [4.69, 9.17) is 16.7 Å². The highest BCUT2D eigenvalue weighted by Crippen LogP contribution is 2.25. The van der Waals surface area contributed by atoms with Crippen LogP contribution in [0.4, 0.5) is 5.82 Å². The fourth-order valence-corrected chi connectivity index (χ4v) is 2.16. The first-order chi connectivity index (χ1) is 8.76. The van der Waals surface area contributed by atoms with Gasteiger partial charge in [0.25, 0.3) is 0 Å². The minimum Gasteiger partial charge on any atom is -0.395 e. The number of aliphatic hydroxyl groups excluding tert-OH is 1. The molecule has 5 heteroatoms. The summed E-state index contributed by atoms with van der Waals surface area (Å²) in [7, 11) is 0. The Balaban J connectivity index is 2.52. The van der Waals surface area contributed by atoms with Gasteiger partial charge in [0.05, 0.1) is 12.1 Å². The van der Waals surface area contributed by atoms with E-state index in [9.17, 15) is 0 Å². The highest BCUT2D eigenvalue weighted by Gasteiger charge is 2.12. The van der Waals surface area contributed by atoms with Gasteiger partial charge in [-0.2, -0.15) is 4.98 Å². The van der Waals surface area contributed by atoms with Gasteiger partial charge in [-0.05, 0) is 30.2 Å². The third-order valence-electron chi connectivity index (χ3n) is 2.72. The van der Waals surface area contributed by atoms with E-state index in [2.05, 4.69) is 16.9 Å². The molecule has 0 spiro atoms. The molecule has 2 aromatic rings. The van der Waals surface area contributed by atoms with Gasteiger partial charge in [0.2, 0.25) is 5.28 Å². The molecule has 0 saturated carbocycles. The lowest BCUT2D eigenvalue weighted by atomic mass is 10.2. The molecular formula is C13H16ClN3O. The molecule has 2 rings (SSSR count). The van der Waals surface area contributed by atoms with E-state index < -0.39 is 0 Å². The zero-order chi connectivity index (χ0) is 13.0. The summed E-state index contributed by atoms with van der Waals surface area (Å²) in [5, 5.41) is 10.3. The number of para-hydroxylation sites is 1. The molecule has 0 atom stereocenters. The number of fused-ring (bicyclic) bond motifs is 1. The average Bonchev–Trinajstić information content (AvgIpc) is 2.37. The van der Waals surface area contributed by atoms with Crippen LogP contribution in [0.1, 0.15) is 13.3 Å². The molecule has 4 nitrogen and oxygen atoms in total. The SMILES string of the molecule is CCCN(CCO)c1nc(Cl)nc2ccccc12. The zero-order valence-electron chi connectivity index (χ0n) is 10.3. The summed E-state index contributed by atoms with van der Waals surface area (Å²) >= 11 is 5.96. The molecule has 18 heavy (non-hydrogen) atoms. The maximum atomic E-state index is 9.15. The van der Waals surface area contributed by atoms with Crippen LogP contribution in [0.15, 0.2) is 24.3 Å². The summed E-state index contributed by atoms with van der Waals surface area (Å²) in [6, 6.07) is 7.76. The normalized spacial score (nSPS) is 10.8. The summed E-state index contributed by atoms with van der Waals surface area (Å²) in [6.07, 6.45) is 0.982. The second-order valence-electron chi connectivity index (χ2n) is 4.04. The Hall–Kier alpha value is -1.39. The van der Waals surface area contributed by atoms with Crippen LogP contribution < -0.4 is 4.90 Å². The number of hydrogen-bond acceptors (Lipinski definition) is 4. The molecule has 0 amide bonds. The van der Waals surface area contributed by atoms with Crippen molar-refractivity contribution in [3.05, 3.63) is 29.5 Å². The van der Waals surface area contributed by atoms with Crippen molar-refractivity contribution in [3.8, 4) is 0 Å². The van der Waals surface area contributed by atoms with Gasteiger partial charge in [0.15, 0.2) is 0 Å². The van der Waals surface area contributed by atoms with Gasteiger partial charge in [0.1, 0.15) is 5.82 Å². The maximum Gasteiger partial charge on any atom is 0.224 e. The summed E-state index contributed by atoms with van der Waals surface area (Å²) in [5.41, 5.74) is 0.826. The molecule has 0 unspecified atom stereocenters. The first-order valence-electron chi connectivity index (χ1n) is 6.04. The van der Waals surface area contributed by atoms with E-state index in [1.807, 2.05) is 29.2 Å². The number of anilines is 1. The van der Waals surface area contributed by atoms with Crippen molar-refractivity contribution >= 4 is 28.3 Å². The van der Waals surface area contributed by atoms with Gasteiger partial charge in [-0.25, -0.2) is 4.98 Å². The lowest BCUT2D eigenvalue weighted by Crippen LogP contribution is -2.28. The van der Waals surface area contributed by atoms with Crippen molar-refractivity contribution in [2.24, 2.45) is 0 Å². The van der Waals surface area contributed by atoms with Crippen molar-refractivity contribution in [1.82, 2.24) is 9.97 Å². The van der Waals surface area contributed by atoms with Crippen molar-refractivity contribution in [1.29, 1.82) is 0 Å². The molecule has 0 aliphatic carbocycles. The van der Waals surface area contributed by atoms with Crippen LogP contribution in [0, 0.1) is 0 Å². The van der Waals surface area contributed by atoms with Crippen molar-refractivity contribution in [2.75, 3.05) is 24.6 Å². The summed E-state index contributed by atoms with van der Waals surface area (Å²) in [6.45, 7) is 3.56. The molecule has 0 saturated heterocycles. The van der Waals surface area contributed by atoms with Gasteiger partial charge >= 0.3 is 0 Å². The van der Waals surface area contributed by atoms with Gasteiger partial charge in [-0.15, -0.1) is 0 Å². The first kappa shape index (κ1) is 13.1. The number of hydrogen-bond donors (Lipinski definition) is 1. The molecule has 0 aliphatic heterocycles. The Kier molecular flexibility index (Phi) is 4.33. The van der Waals surface area contributed by atoms with Crippen LogP contribution >= 0.6 is 11.6 Å². The zero-order valence-corrected chi connectivity index (χ0v) is 11.1. The third kappa shape index (κ3) is 2.71. The van der Waals surface area contributed by atoms with E-state index in [1.54, 1.807) is 0 Å². The van der Waals surface area contributed by atoms with Crippen LogP contribution in [-0.2, 0) is 0 Å². The number of aliphatic hydroxyl groups is 1. The van der Waals surface area contributed by atoms with Crippen molar-refractivity contribution in [3.63, 3.8) is 0 Å². The third-order valence-corrected chi connectivity index (χ3v) is 2.89. The Labute approximate surface area is 111 Å². The largest absolute Gasteiger partial charge is 0.395 e. The standard InChI is InChI=1S/C13H16ClN3O/c1-2-7-17(8-9-18)12-10-5-3-4-6-11(10)15-13(14)16-12/h3-6,18H,2,7-9H2,1H3. The second kappa shape index (κ2) is 5.98. The number of aromatic nitrogens is 2. The van der Waals surface area contributed by atoms with E-state index in [0.29, 0.717) is 6.54 Å². The van der Waals surface area contributed by atoms with E-state index in [0.717, 1.165) is 29.7 Å². The van der Waals surface area contributed by atoms with Gasteiger partial charge in [0, 0.05) is 18.5 Å². The fourth-order valence-electron chi connectivity index (χ4n) is 1.99. The predicted octanol–water partition coefficient (Wildman–Crippen LogP) is 2.49. The molecule has 0 bridgehead atoms. The quantitative estimate of drug-likeness (QED) is 0.844. The lowest BCUT2D eigenvalue weighted by molar-refractivity contribution is 0.301. The molecule has 1 aromatic carbocycles. The topological polar surface area (TPSA) is 49.2 Å². The summed E-state index contributed by atoms with van der Waals surface area (Å²) in [4.78, 5) is 10.5. The Morgan fingerprint density at radius 3 is 2.72 bits per heavy atom. The molecule has 1 heterocycles. The monoisotopic (exact) mass is 265 g/mol. The average molecular weight is 266 g/mol. The van der Waals surface area contributed by atoms with Crippen molar-refractivity contribution < 1.29 is 5.11 Å². The van der Waals surface area contributed by atoms with Crippen LogP contribution in [0.25, 0.3) is 10.9 Å². The number of nitrogens with zero attached hydrogens (tertiary/aromatic N) is 3. The number of halogens is 1. The number of benzene rings is 1. The van der Waals surface area contributed by atoms with Gasteiger partial charge < -0.3 is 10.0 Å². The highest BCUT2D eigenvalue weighted by molar-refractivity contribution is 6.28. The van der Waals surface area contributed by atoms with Gasteiger partial charge in [-0.3, -0.25) is 0 Å². The molecule has 0 fully saturated rings. The lowest BCUT2D eigenvalue weighted by Gasteiger charge is -2.23. The first-order valence-corrected chi connectivity index (χ1v) is 6.42. The van der Waals surface area contributed by atoms with E-state index in [1.165, 1.54) is 0 Å².